The van der Waals surface area contributed by atoms with Crippen molar-refractivity contribution in [3.8, 4) is 0 Å². The molecule has 0 bridgehead atoms. The van der Waals surface area contributed by atoms with Gasteiger partial charge in [-0.15, -0.1) is 0 Å². The number of anilines is 1. The maximum absolute atomic E-state index is 12.2. The van der Waals surface area contributed by atoms with Crippen molar-refractivity contribution < 1.29 is 4.79 Å². The fraction of sp³-hybridized carbons (Fsp3) is 0.667. The van der Waals surface area contributed by atoms with E-state index in [1.54, 1.807) is 6.07 Å². The SMILES string of the molecule is CCC(C)N(C)CCNC(=O)c1cc(N)cn1C(C)C. The molecule has 0 spiro atoms. The van der Waals surface area contributed by atoms with Crippen LogP contribution in [0.4, 0.5) is 5.69 Å². The lowest BCUT2D eigenvalue weighted by Gasteiger charge is -2.23. The summed E-state index contributed by atoms with van der Waals surface area (Å²) >= 11 is 0. The molecule has 1 atom stereocenters. The van der Waals surface area contributed by atoms with Crippen LogP contribution in [0.15, 0.2) is 12.3 Å². The number of carbonyl (C=O) groups excluding carboxylic acids is 1. The first-order valence-electron chi connectivity index (χ1n) is 7.32. The number of amides is 1. The summed E-state index contributed by atoms with van der Waals surface area (Å²) in [4.78, 5) is 14.4. The number of nitrogen functional groups attached to an aromatic ring is 1. The average molecular weight is 280 g/mol. The summed E-state index contributed by atoms with van der Waals surface area (Å²) < 4.78 is 1.91. The van der Waals surface area contributed by atoms with Crippen molar-refractivity contribution in [2.24, 2.45) is 0 Å². The second-order valence-electron chi connectivity index (χ2n) is 5.65. The van der Waals surface area contributed by atoms with Crippen LogP contribution in [0.3, 0.4) is 0 Å². The Labute approximate surface area is 122 Å². The molecule has 0 fully saturated rings. The molecular weight excluding hydrogens is 252 g/mol. The molecule has 1 aromatic rings. The van der Waals surface area contributed by atoms with Gasteiger partial charge >= 0.3 is 0 Å². The van der Waals surface area contributed by atoms with Gasteiger partial charge in [0.2, 0.25) is 0 Å². The summed E-state index contributed by atoms with van der Waals surface area (Å²) in [6.07, 6.45) is 2.92. The molecule has 5 nitrogen and oxygen atoms in total. The molecule has 1 heterocycles. The van der Waals surface area contributed by atoms with Gasteiger partial charge in [0.15, 0.2) is 0 Å². The van der Waals surface area contributed by atoms with Gasteiger partial charge < -0.3 is 20.5 Å². The Kier molecular flexibility index (Phi) is 6.07. The predicted octanol–water partition coefficient (Wildman–Crippen LogP) is 2.11. The van der Waals surface area contributed by atoms with Crippen molar-refractivity contribution >= 4 is 11.6 Å². The molecule has 1 amide bonds. The number of nitrogens with one attached hydrogen (secondary N) is 1. The van der Waals surface area contributed by atoms with Crippen LogP contribution in [0.25, 0.3) is 0 Å². The fourth-order valence-corrected chi connectivity index (χ4v) is 2.08. The van der Waals surface area contributed by atoms with Crippen LogP contribution in [-0.2, 0) is 0 Å². The highest BCUT2D eigenvalue weighted by molar-refractivity contribution is 5.93. The van der Waals surface area contributed by atoms with Gasteiger partial charge in [-0.3, -0.25) is 4.79 Å². The Morgan fingerprint density at radius 1 is 1.45 bits per heavy atom. The van der Waals surface area contributed by atoms with Gasteiger partial charge in [-0.05, 0) is 40.3 Å². The number of hydrogen-bond donors (Lipinski definition) is 2. The Hall–Kier alpha value is -1.49. The summed E-state index contributed by atoms with van der Waals surface area (Å²) in [5.74, 6) is -0.0621. The third-order valence-corrected chi connectivity index (χ3v) is 3.75. The van der Waals surface area contributed by atoms with Crippen molar-refractivity contribution in [3.05, 3.63) is 18.0 Å². The van der Waals surface area contributed by atoms with E-state index >= 15 is 0 Å². The van der Waals surface area contributed by atoms with Crippen LogP contribution in [0.1, 0.15) is 50.6 Å². The van der Waals surface area contributed by atoms with E-state index in [9.17, 15) is 4.79 Å². The number of nitrogens with zero attached hydrogens (tertiary/aromatic N) is 2. The zero-order valence-electron chi connectivity index (χ0n) is 13.3. The minimum atomic E-state index is -0.0621. The lowest BCUT2D eigenvalue weighted by molar-refractivity contribution is 0.0936. The van der Waals surface area contributed by atoms with Gasteiger partial charge in [-0.25, -0.2) is 0 Å². The molecule has 0 saturated heterocycles. The Morgan fingerprint density at radius 3 is 2.65 bits per heavy atom. The maximum Gasteiger partial charge on any atom is 0.268 e. The molecule has 0 aliphatic heterocycles. The number of hydrogen-bond acceptors (Lipinski definition) is 3. The van der Waals surface area contributed by atoms with Crippen LogP contribution in [0.5, 0.6) is 0 Å². The van der Waals surface area contributed by atoms with Crippen LogP contribution in [-0.4, -0.2) is 41.6 Å². The molecule has 1 rings (SSSR count). The van der Waals surface area contributed by atoms with Gasteiger partial charge in [0.05, 0.1) is 5.69 Å². The Bertz CT molecular complexity index is 439. The number of nitrogens with two attached hydrogens (primary N) is 1. The lowest BCUT2D eigenvalue weighted by Crippen LogP contribution is -2.37. The second kappa shape index (κ2) is 7.33. The topological polar surface area (TPSA) is 63.3 Å². The molecule has 1 aromatic heterocycles. The average Bonchev–Trinajstić information content (AvgIpc) is 2.79. The summed E-state index contributed by atoms with van der Waals surface area (Å²) in [6, 6.07) is 2.48. The highest BCUT2D eigenvalue weighted by atomic mass is 16.1. The van der Waals surface area contributed by atoms with Gasteiger partial charge in [-0.1, -0.05) is 6.92 Å². The van der Waals surface area contributed by atoms with Crippen molar-refractivity contribution in [2.75, 3.05) is 25.9 Å². The molecule has 3 N–H and O–H groups in total. The first-order chi connectivity index (χ1) is 9.36. The number of rotatable bonds is 7. The smallest absolute Gasteiger partial charge is 0.268 e. The summed E-state index contributed by atoms with van der Waals surface area (Å²) in [5.41, 5.74) is 7.03. The maximum atomic E-state index is 12.2. The van der Waals surface area contributed by atoms with Crippen molar-refractivity contribution in [1.82, 2.24) is 14.8 Å². The predicted molar refractivity (Wildman–Crippen MR) is 83.9 cm³/mol. The van der Waals surface area contributed by atoms with E-state index in [1.165, 1.54) is 0 Å². The highest BCUT2D eigenvalue weighted by Crippen LogP contribution is 2.16. The third-order valence-electron chi connectivity index (χ3n) is 3.75. The van der Waals surface area contributed by atoms with Gasteiger partial charge in [-0.2, -0.15) is 0 Å². The monoisotopic (exact) mass is 280 g/mol. The zero-order chi connectivity index (χ0) is 15.3. The molecule has 5 heteroatoms. The van der Waals surface area contributed by atoms with Crippen molar-refractivity contribution in [1.29, 1.82) is 0 Å². The van der Waals surface area contributed by atoms with E-state index < -0.39 is 0 Å². The van der Waals surface area contributed by atoms with Gasteiger partial charge in [0, 0.05) is 31.4 Å². The Balaban J connectivity index is 2.55. The van der Waals surface area contributed by atoms with Gasteiger partial charge in [0.1, 0.15) is 5.69 Å². The molecule has 0 aromatic carbocycles. The first kappa shape index (κ1) is 16.6. The molecule has 1 unspecified atom stereocenters. The molecule has 0 aliphatic rings. The van der Waals surface area contributed by atoms with Crippen LogP contribution in [0.2, 0.25) is 0 Å². The molecule has 20 heavy (non-hydrogen) atoms. The van der Waals surface area contributed by atoms with E-state index in [0.29, 0.717) is 24.0 Å². The molecule has 0 radical (unpaired) electrons. The number of likely N-dealkylation sites (N-methyl/N-ethyl adjacent to an activating group) is 1. The normalized spacial score (nSPS) is 12.9. The molecule has 0 aliphatic carbocycles. The quantitative estimate of drug-likeness (QED) is 0.804. The fourth-order valence-electron chi connectivity index (χ4n) is 2.08. The van der Waals surface area contributed by atoms with Crippen LogP contribution >= 0.6 is 0 Å². The van der Waals surface area contributed by atoms with E-state index in [-0.39, 0.29) is 11.9 Å². The highest BCUT2D eigenvalue weighted by Gasteiger charge is 2.15. The standard InChI is InChI=1S/C15H28N4O/c1-6-12(4)18(5)8-7-17-15(20)14-9-13(16)10-19(14)11(2)3/h9-12H,6-8,16H2,1-5H3,(H,17,20). The minimum absolute atomic E-state index is 0.0621. The molecule has 114 valence electrons. The van der Waals surface area contributed by atoms with Crippen LogP contribution in [0, 0.1) is 0 Å². The largest absolute Gasteiger partial charge is 0.397 e. The van der Waals surface area contributed by atoms with E-state index in [2.05, 4.69) is 31.1 Å². The molecule has 0 saturated carbocycles. The number of carbonyl (C=O) groups is 1. The summed E-state index contributed by atoms with van der Waals surface area (Å²) in [7, 11) is 2.08. The lowest BCUT2D eigenvalue weighted by atomic mass is 10.2. The van der Waals surface area contributed by atoms with Crippen molar-refractivity contribution in [3.63, 3.8) is 0 Å². The minimum Gasteiger partial charge on any atom is -0.397 e. The summed E-state index contributed by atoms with van der Waals surface area (Å²) in [6.45, 7) is 9.91. The van der Waals surface area contributed by atoms with Crippen molar-refractivity contribution in [2.45, 2.75) is 46.2 Å². The van der Waals surface area contributed by atoms with E-state index in [1.807, 2.05) is 24.6 Å². The van der Waals surface area contributed by atoms with E-state index in [4.69, 9.17) is 5.73 Å². The molecular formula is C15H28N4O. The van der Waals surface area contributed by atoms with Gasteiger partial charge in [0.25, 0.3) is 5.91 Å². The zero-order valence-corrected chi connectivity index (χ0v) is 13.3. The first-order valence-corrected chi connectivity index (χ1v) is 7.32. The second-order valence-corrected chi connectivity index (χ2v) is 5.65. The summed E-state index contributed by atoms with van der Waals surface area (Å²) in [5, 5.41) is 2.96. The third kappa shape index (κ3) is 4.27. The van der Waals surface area contributed by atoms with Crippen LogP contribution < -0.4 is 11.1 Å². The number of aromatic nitrogens is 1. The van der Waals surface area contributed by atoms with E-state index in [0.717, 1.165) is 13.0 Å². The Morgan fingerprint density at radius 2 is 2.10 bits per heavy atom.